The molecule has 0 bridgehead atoms. The largest absolute Gasteiger partial charge is 0.376 e. The van der Waals surface area contributed by atoms with Crippen molar-refractivity contribution >= 4 is 17.5 Å². The summed E-state index contributed by atoms with van der Waals surface area (Å²) < 4.78 is 0. The molecule has 1 saturated carbocycles. The van der Waals surface area contributed by atoms with Crippen LogP contribution in [0.4, 0.5) is 16.3 Å². The minimum Gasteiger partial charge on any atom is -0.376 e. The molecule has 1 saturated heterocycles. The van der Waals surface area contributed by atoms with Crippen LogP contribution >= 0.6 is 0 Å². The van der Waals surface area contributed by atoms with Gasteiger partial charge in [-0.25, -0.2) is 9.78 Å². The van der Waals surface area contributed by atoms with Crippen molar-refractivity contribution in [2.24, 2.45) is 5.92 Å². The van der Waals surface area contributed by atoms with Gasteiger partial charge in [0.05, 0.1) is 11.9 Å². The summed E-state index contributed by atoms with van der Waals surface area (Å²) in [4.78, 5) is 21.1. The van der Waals surface area contributed by atoms with Gasteiger partial charge in [-0.15, -0.1) is 0 Å². The van der Waals surface area contributed by atoms with E-state index in [-0.39, 0.29) is 6.03 Å². The second-order valence-electron chi connectivity index (χ2n) is 7.03. The molecule has 2 aliphatic rings. The average Bonchev–Trinajstić information content (AvgIpc) is 3.06. The number of nitrogens with zero attached hydrogens (tertiary/aromatic N) is 3. The summed E-state index contributed by atoms with van der Waals surface area (Å²) in [7, 11) is 3.96. The second-order valence-corrected chi connectivity index (χ2v) is 7.03. The molecule has 0 unspecified atom stereocenters. The van der Waals surface area contributed by atoms with E-state index in [1.165, 1.54) is 32.1 Å². The number of carbonyl (C=O) groups is 1. The minimum absolute atomic E-state index is 0.0168. The monoisotopic (exact) mass is 316 g/mol. The van der Waals surface area contributed by atoms with Crippen molar-refractivity contribution in [3.63, 3.8) is 0 Å². The van der Waals surface area contributed by atoms with Crippen LogP contribution in [0.3, 0.4) is 0 Å². The van der Waals surface area contributed by atoms with Gasteiger partial charge in [0.15, 0.2) is 0 Å². The van der Waals surface area contributed by atoms with Crippen molar-refractivity contribution in [2.75, 3.05) is 30.9 Å². The van der Waals surface area contributed by atoms with E-state index in [1.807, 2.05) is 31.1 Å². The summed E-state index contributed by atoms with van der Waals surface area (Å²) in [6.45, 7) is 0.878. The molecule has 1 N–H and O–H groups in total. The van der Waals surface area contributed by atoms with Gasteiger partial charge in [0, 0.05) is 26.7 Å². The fourth-order valence-electron chi connectivity index (χ4n) is 3.96. The van der Waals surface area contributed by atoms with E-state index in [9.17, 15) is 4.79 Å². The fourth-order valence-corrected chi connectivity index (χ4v) is 3.96. The maximum atomic E-state index is 12.7. The number of anilines is 2. The molecule has 5 nitrogen and oxygen atoms in total. The third-order valence-electron chi connectivity index (χ3n) is 5.25. The lowest BCUT2D eigenvalue weighted by molar-refractivity contribution is 0.166. The van der Waals surface area contributed by atoms with E-state index in [1.54, 1.807) is 6.20 Å². The van der Waals surface area contributed by atoms with E-state index < -0.39 is 0 Å². The number of hydrogen-bond donors (Lipinski definition) is 1. The Hall–Kier alpha value is -1.78. The number of amides is 2. The summed E-state index contributed by atoms with van der Waals surface area (Å²) >= 11 is 0. The highest BCUT2D eigenvalue weighted by Gasteiger charge is 2.35. The minimum atomic E-state index is 0.0168. The van der Waals surface area contributed by atoms with Crippen LogP contribution in [0.1, 0.15) is 44.9 Å². The van der Waals surface area contributed by atoms with Gasteiger partial charge in [-0.2, -0.15) is 0 Å². The quantitative estimate of drug-likeness (QED) is 0.924. The predicted molar refractivity (Wildman–Crippen MR) is 93.9 cm³/mol. The standard InChI is InChI=1S/C18H28N4O/c1-21(2)15-10-11-17(19-13-15)20-18(23)22-12-6-9-16(22)14-7-4-3-5-8-14/h10-11,13-14,16H,3-9,12H2,1-2H3,(H,19,20,23)/t16-/m1/s1. The molecule has 0 spiro atoms. The second kappa shape index (κ2) is 7.20. The number of hydrogen-bond acceptors (Lipinski definition) is 3. The van der Waals surface area contributed by atoms with Gasteiger partial charge >= 0.3 is 6.03 Å². The first kappa shape index (κ1) is 16.1. The SMILES string of the molecule is CN(C)c1ccc(NC(=O)N2CCC[C@@H]2C2CCCCC2)nc1. The number of carbonyl (C=O) groups excluding carboxylic acids is 1. The van der Waals surface area contributed by atoms with Crippen LogP contribution in [0.25, 0.3) is 0 Å². The third-order valence-corrected chi connectivity index (χ3v) is 5.25. The number of likely N-dealkylation sites (tertiary alicyclic amines) is 1. The van der Waals surface area contributed by atoms with Gasteiger partial charge in [0.1, 0.15) is 5.82 Å². The number of nitrogens with one attached hydrogen (secondary N) is 1. The molecule has 2 fully saturated rings. The average molecular weight is 316 g/mol. The Bertz CT molecular complexity index is 522. The molecule has 23 heavy (non-hydrogen) atoms. The normalized spacial score (nSPS) is 22.2. The van der Waals surface area contributed by atoms with Crippen LogP contribution in [-0.4, -0.2) is 42.6 Å². The zero-order valence-electron chi connectivity index (χ0n) is 14.3. The molecule has 5 heteroatoms. The maximum absolute atomic E-state index is 12.7. The van der Waals surface area contributed by atoms with Crippen LogP contribution in [0.15, 0.2) is 18.3 Å². The fraction of sp³-hybridized carbons (Fsp3) is 0.667. The Morgan fingerprint density at radius 2 is 1.96 bits per heavy atom. The van der Waals surface area contributed by atoms with Gasteiger partial charge in [-0.05, 0) is 43.7 Å². The Kier molecular flexibility index (Phi) is 5.03. The number of aromatic nitrogens is 1. The molecule has 126 valence electrons. The van der Waals surface area contributed by atoms with Gasteiger partial charge in [0.2, 0.25) is 0 Å². The molecule has 1 aliphatic heterocycles. The smallest absolute Gasteiger partial charge is 0.323 e. The summed E-state index contributed by atoms with van der Waals surface area (Å²) in [6, 6.07) is 4.30. The zero-order chi connectivity index (χ0) is 16.2. The number of pyridine rings is 1. The van der Waals surface area contributed by atoms with Crippen LogP contribution in [-0.2, 0) is 0 Å². The van der Waals surface area contributed by atoms with E-state index >= 15 is 0 Å². The van der Waals surface area contributed by atoms with Crippen molar-refractivity contribution in [2.45, 2.75) is 51.0 Å². The molecule has 0 aromatic carbocycles. The molecule has 2 amide bonds. The van der Waals surface area contributed by atoms with E-state index in [0.29, 0.717) is 17.8 Å². The van der Waals surface area contributed by atoms with Crippen LogP contribution in [0.2, 0.25) is 0 Å². The van der Waals surface area contributed by atoms with E-state index in [4.69, 9.17) is 0 Å². The summed E-state index contributed by atoms with van der Waals surface area (Å²) in [5, 5.41) is 2.98. The molecule has 1 aliphatic carbocycles. The highest BCUT2D eigenvalue weighted by atomic mass is 16.2. The predicted octanol–water partition coefficient (Wildman–Crippen LogP) is 3.72. The van der Waals surface area contributed by atoms with Crippen molar-refractivity contribution in [1.29, 1.82) is 0 Å². The lowest BCUT2D eigenvalue weighted by atomic mass is 9.83. The van der Waals surface area contributed by atoms with Crippen LogP contribution in [0, 0.1) is 5.92 Å². The molecule has 3 rings (SSSR count). The first-order valence-corrected chi connectivity index (χ1v) is 8.86. The molecule has 1 aromatic heterocycles. The molecule has 2 heterocycles. The molecule has 1 atom stereocenters. The first-order valence-electron chi connectivity index (χ1n) is 8.86. The summed E-state index contributed by atoms with van der Waals surface area (Å²) in [5.41, 5.74) is 1.03. The van der Waals surface area contributed by atoms with E-state index in [0.717, 1.165) is 25.1 Å². The molecular formula is C18H28N4O. The van der Waals surface area contributed by atoms with Crippen molar-refractivity contribution in [3.8, 4) is 0 Å². The van der Waals surface area contributed by atoms with Crippen molar-refractivity contribution in [1.82, 2.24) is 9.88 Å². The summed E-state index contributed by atoms with van der Waals surface area (Å²) in [6.07, 6.45) is 10.6. The summed E-state index contributed by atoms with van der Waals surface area (Å²) in [5.74, 6) is 1.33. The zero-order valence-corrected chi connectivity index (χ0v) is 14.3. The third kappa shape index (κ3) is 3.77. The van der Waals surface area contributed by atoms with Gasteiger partial charge < -0.3 is 9.80 Å². The van der Waals surface area contributed by atoms with Crippen LogP contribution < -0.4 is 10.2 Å². The van der Waals surface area contributed by atoms with Gasteiger partial charge in [-0.3, -0.25) is 5.32 Å². The molecule has 0 radical (unpaired) electrons. The topological polar surface area (TPSA) is 48.5 Å². The Labute approximate surface area is 139 Å². The molecule has 1 aromatic rings. The Balaban J connectivity index is 1.62. The highest BCUT2D eigenvalue weighted by Crippen LogP contribution is 2.34. The lowest BCUT2D eigenvalue weighted by Crippen LogP contribution is -2.43. The highest BCUT2D eigenvalue weighted by molar-refractivity contribution is 5.88. The molecular weight excluding hydrogens is 288 g/mol. The number of rotatable bonds is 3. The lowest BCUT2D eigenvalue weighted by Gasteiger charge is -2.34. The number of urea groups is 1. The van der Waals surface area contributed by atoms with Crippen molar-refractivity contribution in [3.05, 3.63) is 18.3 Å². The van der Waals surface area contributed by atoms with Gasteiger partial charge in [-0.1, -0.05) is 19.3 Å². The van der Waals surface area contributed by atoms with E-state index in [2.05, 4.69) is 15.2 Å². The van der Waals surface area contributed by atoms with Crippen LogP contribution in [0.5, 0.6) is 0 Å². The Morgan fingerprint density at radius 1 is 1.17 bits per heavy atom. The maximum Gasteiger partial charge on any atom is 0.323 e. The Morgan fingerprint density at radius 3 is 2.61 bits per heavy atom. The van der Waals surface area contributed by atoms with Gasteiger partial charge in [0.25, 0.3) is 0 Å². The first-order chi connectivity index (χ1) is 11.1. The van der Waals surface area contributed by atoms with Crippen molar-refractivity contribution < 1.29 is 4.79 Å².